The van der Waals surface area contributed by atoms with Gasteiger partial charge in [0.05, 0.1) is 33.9 Å². The summed E-state index contributed by atoms with van der Waals surface area (Å²) in [6.07, 6.45) is 3.91. The molecular weight excluding hydrogens is 338 g/mol. The molecule has 1 aromatic rings. The summed E-state index contributed by atoms with van der Waals surface area (Å²) < 4.78 is 20.2. The molecule has 26 heavy (non-hydrogen) atoms. The Morgan fingerprint density at radius 3 is 2.50 bits per heavy atom. The highest BCUT2D eigenvalue weighted by Gasteiger charge is 2.07. The largest absolute Gasteiger partial charge is 0.493 e. The van der Waals surface area contributed by atoms with E-state index in [4.69, 9.17) is 24.2 Å². The van der Waals surface area contributed by atoms with E-state index < -0.39 is 11.9 Å². The Hall–Kier alpha value is -3.27. The van der Waals surface area contributed by atoms with Crippen LogP contribution in [0.15, 0.2) is 36.4 Å². The maximum absolute atomic E-state index is 11.6. The Kier molecular flexibility index (Phi) is 9.04. The summed E-state index contributed by atoms with van der Waals surface area (Å²) >= 11 is 0. The summed E-state index contributed by atoms with van der Waals surface area (Å²) in [7, 11) is 3.11. The number of benzene rings is 1. The standard InChI is InChI=1S/C19H21NO6/c1-14(13-20)19(22)26-11-5-10-25-18(21)7-4-6-15-8-9-16(23-2)17(12-15)24-3/h4,6,8-9,12H,1,5,7,10-11H2,2-3H3. The van der Waals surface area contributed by atoms with Crippen LogP contribution in [-0.2, 0) is 19.1 Å². The maximum atomic E-state index is 11.6. The van der Waals surface area contributed by atoms with Crippen LogP contribution >= 0.6 is 0 Å². The van der Waals surface area contributed by atoms with Gasteiger partial charge in [0.2, 0.25) is 0 Å². The van der Waals surface area contributed by atoms with E-state index >= 15 is 0 Å². The molecule has 1 aromatic carbocycles. The van der Waals surface area contributed by atoms with Crippen LogP contribution in [0.3, 0.4) is 0 Å². The highest BCUT2D eigenvalue weighted by atomic mass is 16.5. The quantitative estimate of drug-likeness (QED) is 0.274. The van der Waals surface area contributed by atoms with Crippen LogP contribution in [0.25, 0.3) is 6.08 Å². The summed E-state index contributed by atoms with van der Waals surface area (Å²) in [5.41, 5.74) is 0.599. The number of hydrogen-bond donors (Lipinski definition) is 0. The molecule has 0 atom stereocenters. The molecule has 1 rings (SSSR count). The molecule has 0 aromatic heterocycles. The monoisotopic (exact) mass is 359 g/mol. The lowest BCUT2D eigenvalue weighted by atomic mass is 10.2. The first-order valence-corrected chi connectivity index (χ1v) is 7.82. The van der Waals surface area contributed by atoms with Crippen molar-refractivity contribution in [2.24, 2.45) is 0 Å². The molecule has 0 unspecified atom stereocenters. The summed E-state index contributed by atoms with van der Waals surface area (Å²) in [4.78, 5) is 22.8. The molecule has 0 aliphatic rings. The molecule has 0 aliphatic carbocycles. The van der Waals surface area contributed by atoms with Gasteiger partial charge in [-0.25, -0.2) is 4.79 Å². The topological polar surface area (TPSA) is 94.9 Å². The fraction of sp³-hybridized carbons (Fsp3) is 0.316. The molecule has 0 spiro atoms. The van der Waals surface area contributed by atoms with Crippen LogP contribution < -0.4 is 9.47 Å². The predicted molar refractivity (Wildman–Crippen MR) is 94.5 cm³/mol. The minimum Gasteiger partial charge on any atom is -0.493 e. The Morgan fingerprint density at radius 1 is 1.15 bits per heavy atom. The number of carbonyl (C=O) groups is 2. The third-order valence-electron chi connectivity index (χ3n) is 3.17. The Bertz CT molecular complexity index is 717. The summed E-state index contributed by atoms with van der Waals surface area (Å²) in [6.45, 7) is 3.41. The van der Waals surface area contributed by atoms with Crippen molar-refractivity contribution in [2.75, 3.05) is 27.4 Å². The second-order valence-electron chi connectivity index (χ2n) is 5.02. The van der Waals surface area contributed by atoms with Crippen LogP contribution in [0.5, 0.6) is 11.5 Å². The Balaban J connectivity index is 2.30. The van der Waals surface area contributed by atoms with E-state index in [9.17, 15) is 9.59 Å². The molecule has 0 fully saturated rings. The number of hydrogen-bond acceptors (Lipinski definition) is 7. The number of methoxy groups -OCH3 is 2. The summed E-state index contributed by atoms with van der Waals surface area (Å²) in [5, 5.41) is 8.46. The number of ether oxygens (including phenoxy) is 4. The highest BCUT2D eigenvalue weighted by Crippen LogP contribution is 2.27. The lowest BCUT2D eigenvalue weighted by molar-refractivity contribution is -0.143. The number of carbonyl (C=O) groups excluding carboxylic acids is 2. The molecule has 0 bridgehead atoms. The average Bonchev–Trinajstić information content (AvgIpc) is 2.66. The van der Waals surface area contributed by atoms with Gasteiger partial charge in [0.15, 0.2) is 11.5 Å². The van der Waals surface area contributed by atoms with Crippen molar-refractivity contribution < 1.29 is 28.5 Å². The highest BCUT2D eigenvalue weighted by molar-refractivity contribution is 5.91. The first-order valence-electron chi connectivity index (χ1n) is 7.82. The van der Waals surface area contributed by atoms with Crippen LogP contribution in [0.2, 0.25) is 0 Å². The molecule has 0 aliphatic heterocycles. The molecule has 7 heteroatoms. The molecule has 0 saturated carbocycles. The first kappa shape index (κ1) is 20.8. The fourth-order valence-corrected chi connectivity index (χ4v) is 1.85. The van der Waals surface area contributed by atoms with Crippen molar-refractivity contribution in [1.29, 1.82) is 5.26 Å². The zero-order valence-corrected chi connectivity index (χ0v) is 14.8. The molecule has 0 N–H and O–H groups in total. The van der Waals surface area contributed by atoms with E-state index in [0.29, 0.717) is 17.9 Å². The molecule has 0 saturated heterocycles. The van der Waals surface area contributed by atoms with Crippen molar-refractivity contribution >= 4 is 18.0 Å². The van der Waals surface area contributed by atoms with Gasteiger partial charge in [-0.15, -0.1) is 0 Å². The second-order valence-corrected chi connectivity index (χ2v) is 5.02. The average molecular weight is 359 g/mol. The summed E-state index contributed by atoms with van der Waals surface area (Å²) in [6, 6.07) is 7.01. The number of nitriles is 1. The van der Waals surface area contributed by atoms with Crippen molar-refractivity contribution in [3.05, 3.63) is 42.0 Å². The fourth-order valence-electron chi connectivity index (χ4n) is 1.85. The van der Waals surface area contributed by atoms with E-state index in [1.165, 1.54) is 0 Å². The van der Waals surface area contributed by atoms with Gasteiger partial charge in [0.25, 0.3) is 0 Å². The van der Waals surface area contributed by atoms with Gasteiger partial charge < -0.3 is 18.9 Å². The van der Waals surface area contributed by atoms with Gasteiger partial charge in [-0.3, -0.25) is 4.79 Å². The van der Waals surface area contributed by atoms with E-state index in [0.717, 1.165) is 5.56 Å². The van der Waals surface area contributed by atoms with Gasteiger partial charge in [-0.05, 0) is 17.7 Å². The molecule has 7 nitrogen and oxygen atoms in total. The minimum atomic E-state index is -0.767. The van der Waals surface area contributed by atoms with E-state index in [1.54, 1.807) is 44.6 Å². The molecule has 138 valence electrons. The van der Waals surface area contributed by atoms with Gasteiger partial charge in [-0.1, -0.05) is 24.8 Å². The van der Waals surface area contributed by atoms with Crippen molar-refractivity contribution in [1.82, 2.24) is 0 Å². The SMILES string of the molecule is C=C(C#N)C(=O)OCCCOC(=O)CC=Cc1ccc(OC)c(OC)c1. The van der Waals surface area contributed by atoms with Crippen molar-refractivity contribution in [3.63, 3.8) is 0 Å². The summed E-state index contributed by atoms with van der Waals surface area (Å²) in [5.74, 6) is 0.0696. The van der Waals surface area contributed by atoms with Crippen LogP contribution in [0, 0.1) is 11.3 Å². The maximum Gasteiger partial charge on any atom is 0.348 e. The van der Waals surface area contributed by atoms with Gasteiger partial charge in [0, 0.05) is 6.42 Å². The van der Waals surface area contributed by atoms with E-state index in [1.807, 2.05) is 6.07 Å². The van der Waals surface area contributed by atoms with Crippen LogP contribution in [0.4, 0.5) is 0 Å². The van der Waals surface area contributed by atoms with E-state index in [2.05, 4.69) is 6.58 Å². The predicted octanol–water partition coefficient (Wildman–Crippen LogP) is 2.66. The number of esters is 2. The van der Waals surface area contributed by atoms with Gasteiger partial charge >= 0.3 is 11.9 Å². The lowest BCUT2D eigenvalue weighted by Crippen LogP contribution is -2.10. The van der Waals surface area contributed by atoms with Crippen molar-refractivity contribution in [2.45, 2.75) is 12.8 Å². The molecule has 0 radical (unpaired) electrons. The Morgan fingerprint density at radius 2 is 1.85 bits per heavy atom. The minimum absolute atomic E-state index is 0.0499. The zero-order chi connectivity index (χ0) is 19.4. The molecule has 0 amide bonds. The van der Waals surface area contributed by atoms with Crippen molar-refractivity contribution in [3.8, 4) is 17.6 Å². The third-order valence-corrected chi connectivity index (χ3v) is 3.17. The molecule has 0 heterocycles. The van der Waals surface area contributed by atoms with Gasteiger partial charge in [-0.2, -0.15) is 5.26 Å². The number of rotatable bonds is 10. The lowest BCUT2D eigenvalue weighted by Gasteiger charge is -2.07. The smallest absolute Gasteiger partial charge is 0.348 e. The normalized spacial score (nSPS) is 10.0. The van der Waals surface area contributed by atoms with E-state index in [-0.39, 0.29) is 25.2 Å². The Labute approximate surface area is 152 Å². The third kappa shape index (κ3) is 7.09. The van der Waals surface area contributed by atoms with Gasteiger partial charge in [0.1, 0.15) is 11.6 Å². The first-order chi connectivity index (χ1) is 12.5. The zero-order valence-electron chi connectivity index (χ0n) is 14.8. The molecular formula is C19H21NO6. The number of nitrogens with zero attached hydrogens (tertiary/aromatic N) is 1. The van der Waals surface area contributed by atoms with Crippen LogP contribution in [0.1, 0.15) is 18.4 Å². The van der Waals surface area contributed by atoms with Crippen LogP contribution in [-0.4, -0.2) is 39.4 Å². The second kappa shape index (κ2) is 11.3.